The fourth-order valence-electron chi connectivity index (χ4n) is 3.61. The van der Waals surface area contributed by atoms with Crippen molar-refractivity contribution in [2.75, 3.05) is 32.7 Å². The summed E-state index contributed by atoms with van der Waals surface area (Å²) >= 11 is 6.91. The van der Waals surface area contributed by atoms with Gasteiger partial charge < -0.3 is 4.90 Å². The summed E-state index contributed by atoms with van der Waals surface area (Å²) < 4.78 is 41.5. The van der Waals surface area contributed by atoms with Crippen molar-refractivity contribution in [1.29, 1.82) is 0 Å². The van der Waals surface area contributed by atoms with E-state index in [4.69, 9.17) is 11.6 Å². The lowest BCUT2D eigenvalue weighted by Crippen LogP contribution is -2.52. The van der Waals surface area contributed by atoms with E-state index in [1.54, 1.807) is 29.2 Å². The molecule has 162 valence electrons. The number of hydrogen-bond donors (Lipinski definition) is 0. The Kier molecular flexibility index (Phi) is 6.45. The average Bonchev–Trinajstić information content (AvgIpc) is 3.49. The van der Waals surface area contributed by atoms with Gasteiger partial charge in [0.2, 0.25) is 5.91 Å². The van der Waals surface area contributed by atoms with Crippen molar-refractivity contribution < 1.29 is 17.6 Å². The van der Waals surface area contributed by atoms with Crippen LogP contribution in [0.3, 0.4) is 0 Å². The molecule has 1 aromatic heterocycles. The molecule has 0 radical (unpaired) electrons. The summed E-state index contributed by atoms with van der Waals surface area (Å²) in [5, 5.41) is 0. The summed E-state index contributed by atoms with van der Waals surface area (Å²) in [4.78, 5) is 16.6. The second-order valence-corrected chi connectivity index (χ2v) is 11.5. The van der Waals surface area contributed by atoms with Gasteiger partial charge in [-0.3, -0.25) is 9.69 Å². The number of sulfonamides is 1. The van der Waals surface area contributed by atoms with Crippen molar-refractivity contribution in [3.8, 4) is 0 Å². The van der Waals surface area contributed by atoms with Crippen LogP contribution in [0.25, 0.3) is 0 Å². The molecule has 1 aliphatic carbocycles. The molecule has 2 aromatic rings. The highest BCUT2D eigenvalue weighted by Crippen LogP contribution is 2.30. The number of piperazine rings is 1. The Morgan fingerprint density at radius 2 is 1.83 bits per heavy atom. The van der Waals surface area contributed by atoms with Crippen molar-refractivity contribution >= 4 is 38.9 Å². The first-order valence-electron chi connectivity index (χ1n) is 9.85. The number of carbonyl (C=O) groups is 1. The van der Waals surface area contributed by atoms with Gasteiger partial charge >= 0.3 is 0 Å². The number of benzene rings is 1. The summed E-state index contributed by atoms with van der Waals surface area (Å²) in [5.41, 5.74) is 0.586. The molecule has 0 unspecified atom stereocenters. The second-order valence-electron chi connectivity index (χ2n) is 7.57. The molecule has 2 fully saturated rings. The number of thiophene rings is 1. The van der Waals surface area contributed by atoms with Crippen LogP contribution in [-0.4, -0.2) is 67.2 Å². The molecule has 2 aliphatic rings. The van der Waals surface area contributed by atoms with Gasteiger partial charge in [-0.15, -0.1) is 11.3 Å². The van der Waals surface area contributed by atoms with E-state index in [0.29, 0.717) is 35.6 Å². The lowest BCUT2D eigenvalue weighted by atomic mass is 10.2. The molecule has 30 heavy (non-hydrogen) atoms. The van der Waals surface area contributed by atoms with Crippen molar-refractivity contribution in [3.63, 3.8) is 0 Å². The van der Waals surface area contributed by atoms with E-state index in [0.717, 1.165) is 24.2 Å². The van der Waals surface area contributed by atoms with E-state index in [2.05, 4.69) is 0 Å². The Morgan fingerprint density at radius 1 is 1.13 bits per heavy atom. The first-order valence-corrected chi connectivity index (χ1v) is 12.5. The maximum atomic E-state index is 14.0. The Bertz CT molecular complexity index is 1020. The first-order chi connectivity index (χ1) is 14.3. The van der Waals surface area contributed by atoms with Crippen molar-refractivity contribution in [2.24, 2.45) is 0 Å². The third-order valence-corrected chi connectivity index (χ3v) is 9.06. The molecule has 1 aromatic carbocycles. The molecule has 1 saturated carbocycles. The number of hydrogen-bond acceptors (Lipinski definition) is 5. The fourth-order valence-corrected chi connectivity index (χ4v) is 6.67. The summed E-state index contributed by atoms with van der Waals surface area (Å²) in [7, 11) is -3.58. The smallest absolute Gasteiger partial charge is 0.252 e. The number of nitrogens with zero attached hydrogens (tertiary/aromatic N) is 3. The quantitative estimate of drug-likeness (QED) is 0.622. The van der Waals surface area contributed by atoms with Crippen LogP contribution in [0.2, 0.25) is 4.34 Å². The highest BCUT2D eigenvalue weighted by molar-refractivity contribution is 7.91. The molecule has 10 heteroatoms. The van der Waals surface area contributed by atoms with Crippen molar-refractivity contribution in [1.82, 2.24) is 14.1 Å². The average molecular weight is 472 g/mol. The summed E-state index contributed by atoms with van der Waals surface area (Å²) in [5.74, 6) is -0.308. The van der Waals surface area contributed by atoms with Gasteiger partial charge in [0.1, 0.15) is 10.0 Å². The SMILES string of the molecule is O=C(CN(Cc1ccccc1F)C1CC1)N1CCN(S(=O)(=O)c2ccc(Cl)s2)CC1. The van der Waals surface area contributed by atoms with E-state index in [9.17, 15) is 17.6 Å². The summed E-state index contributed by atoms with van der Waals surface area (Å²) in [6.45, 7) is 1.80. The number of carbonyl (C=O) groups excluding carboxylic acids is 1. The molecule has 0 N–H and O–H groups in total. The predicted molar refractivity (Wildman–Crippen MR) is 114 cm³/mol. The Labute approximate surface area is 184 Å². The van der Waals surface area contributed by atoms with Crippen LogP contribution < -0.4 is 0 Å². The zero-order chi connectivity index (χ0) is 21.3. The van der Waals surface area contributed by atoms with E-state index >= 15 is 0 Å². The van der Waals surface area contributed by atoms with Crippen LogP contribution in [0.15, 0.2) is 40.6 Å². The van der Waals surface area contributed by atoms with Gasteiger partial charge in [0, 0.05) is 44.3 Å². The van der Waals surface area contributed by atoms with Crippen LogP contribution in [-0.2, 0) is 21.4 Å². The lowest BCUT2D eigenvalue weighted by molar-refractivity contribution is -0.133. The van der Waals surface area contributed by atoms with Crippen LogP contribution in [0.1, 0.15) is 18.4 Å². The van der Waals surface area contributed by atoms with E-state index < -0.39 is 10.0 Å². The standard InChI is InChI=1S/C20H23ClFN3O3S2/c21-18-7-8-20(29-18)30(27,28)25-11-9-23(10-12-25)19(26)14-24(16-5-6-16)13-15-3-1-2-4-17(15)22/h1-4,7-8,16H,5-6,9-14H2. The van der Waals surface area contributed by atoms with Crippen molar-refractivity contribution in [3.05, 3.63) is 52.1 Å². The zero-order valence-corrected chi connectivity index (χ0v) is 18.7. The van der Waals surface area contributed by atoms with E-state index in [-0.39, 0.29) is 35.6 Å². The topological polar surface area (TPSA) is 60.9 Å². The summed E-state index contributed by atoms with van der Waals surface area (Å²) in [6, 6.07) is 10.0. The molecule has 4 rings (SSSR count). The molecule has 0 bridgehead atoms. The minimum absolute atomic E-state index is 0.0468. The van der Waals surface area contributed by atoms with Gasteiger partial charge in [-0.1, -0.05) is 29.8 Å². The van der Waals surface area contributed by atoms with Crippen LogP contribution in [0.4, 0.5) is 4.39 Å². The Balaban J connectivity index is 1.35. The maximum absolute atomic E-state index is 14.0. The normalized spacial score (nSPS) is 18.2. The highest BCUT2D eigenvalue weighted by atomic mass is 35.5. The van der Waals surface area contributed by atoms with Crippen LogP contribution in [0.5, 0.6) is 0 Å². The Hall–Kier alpha value is -1.52. The fraction of sp³-hybridized carbons (Fsp3) is 0.450. The zero-order valence-electron chi connectivity index (χ0n) is 16.3. The molecule has 0 atom stereocenters. The molecule has 1 aliphatic heterocycles. The number of amides is 1. The third kappa shape index (κ3) is 4.86. The van der Waals surface area contributed by atoms with E-state index in [1.165, 1.54) is 16.4 Å². The van der Waals surface area contributed by atoms with E-state index in [1.807, 2.05) is 4.90 Å². The summed E-state index contributed by atoms with van der Waals surface area (Å²) in [6.07, 6.45) is 2.02. The first kappa shape index (κ1) is 21.7. The van der Waals surface area contributed by atoms with Gasteiger partial charge in [0.05, 0.1) is 10.9 Å². The van der Waals surface area contributed by atoms with Gasteiger partial charge in [-0.05, 0) is 31.0 Å². The predicted octanol–water partition coefficient (Wildman–Crippen LogP) is 3.04. The van der Waals surface area contributed by atoms with Crippen molar-refractivity contribution in [2.45, 2.75) is 29.6 Å². The molecule has 1 saturated heterocycles. The van der Waals surface area contributed by atoms with Gasteiger partial charge in [-0.2, -0.15) is 4.31 Å². The number of halogens is 2. The monoisotopic (exact) mass is 471 g/mol. The molecular formula is C20H23ClFN3O3S2. The molecule has 0 spiro atoms. The number of rotatable bonds is 7. The van der Waals surface area contributed by atoms with Gasteiger partial charge in [0.15, 0.2) is 0 Å². The molecule has 1 amide bonds. The third-order valence-electron chi connectivity index (χ3n) is 5.47. The Morgan fingerprint density at radius 3 is 2.43 bits per heavy atom. The van der Waals surface area contributed by atoms with Gasteiger partial charge in [-0.25, -0.2) is 12.8 Å². The minimum atomic E-state index is -3.58. The van der Waals surface area contributed by atoms with Crippen LogP contribution in [0, 0.1) is 5.82 Å². The molecule has 2 heterocycles. The molecule has 6 nitrogen and oxygen atoms in total. The van der Waals surface area contributed by atoms with Gasteiger partial charge in [0.25, 0.3) is 10.0 Å². The molecular weight excluding hydrogens is 449 g/mol. The highest BCUT2D eigenvalue weighted by Gasteiger charge is 2.34. The maximum Gasteiger partial charge on any atom is 0.252 e. The second kappa shape index (κ2) is 8.92. The minimum Gasteiger partial charge on any atom is -0.339 e. The lowest BCUT2D eigenvalue weighted by Gasteiger charge is -2.35. The van der Waals surface area contributed by atoms with Crippen LogP contribution >= 0.6 is 22.9 Å². The largest absolute Gasteiger partial charge is 0.339 e.